The molecule has 2 aliphatic rings. The number of fused-ring (bicyclic) bond motifs is 2. The standard InChI is InChI=1S/C26H19N5O9S3/c27-43(38,39)16-9-3-13(4-10-16)28-18(32)12-29-25-22(42-26(29)35)19(17-2-1-11-40-17)20-21(41-25)24(34)30(23(20)33)14-5-7-15(8-6-14)31(36)37/h1-11,19-21H,12H2,(H,28,32)(H2,27,38,39). The Morgan fingerprint density at radius 1 is 1.05 bits per heavy atom. The van der Waals surface area contributed by atoms with Crippen molar-refractivity contribution < 1.29 is 32.1 Å². The lowest BCUT2D eigenvalue weighted by Crippen LogP contribution is -2.32. The van der Waals surface area contributed by atoms with E-state index in [9.17, 15) is 37.7 Å². The van der Waals surface area contributed by atoms with Crippen LogP contribution in [0.5, 0.6) is 0 Å². The van der Waals surface area contributed by atoms with Crippen LogP contribution >= 0.6 is 23.1 Å². The number of benzene rings is 2. The maximum absolute atomic E-state index is 13.8. The topological polar surface area (TPSA) is 205 Å². The summed E-state index contributed by atoms with van der Waals surface area (Å²) in [4.78, 5) is 64.9. The molecule has 0 radical (unpaired) electrons. The molecule has 3 amide bonds. The molecule has 1 saturated heterocycles. The highest BCUT2D eigenvalue weighted by Gasteiger charge is 2.57. The number of aromatic nitrogens is 1. The van der Waals surface area contributed by atoms with Gasteiger partial charge >= 0.3 is 4.87 Å². The number of hydrogen-bond acceptors (Lipinski definition) is 11. The first kappa shape index (κ1) is 28.5. The normalized spacial score (nSPS) is 19.7. The molecule has 6 rings (SSSR count). The number of sulfonamides is 1. The molecule has 4 aromatic rings. The lowest BCUT2D eigenvalue weighted by molar-refractivity contribution is -0.384. The number of nitrogens with two attached hydrogens (primary N) is 1. The highest BCUT2D eigenvalue weighted by atomic mass is 32.2. The summed E-state index contributed by atoms with van der Waals surface area (Å²) in [5, 5.41) is 18.2. The van der Waals surface area contributed by atoms with Crippen molar-refractivity contribution >= 4 is 67.9 Å². The van der Waals surface area contributed by atoms with E-state index in [1.165, 1.54) is 59.4 Å². The van der Waals surface area contributed by atoms with Crippen LogP contribution < -0.4 is 20.2 Å². The number of non-ortho nitro benzene ring substituents is 1. The van der Waals surface area contributed by atoms with Gasteiger partial charge in [-0.25, -0.2) is 18.5 Å². The van der Waals surface area contributed by atoms with Crippen LogP contribution in [0.3, 0.4) is 0 Å². The summed E-state index contributed by atoms with van der Waals surface area (Å²) < 4.78 is 29.9. The van der Waals surface area contributed by atoms with Crippen LogP contribution in [0.2, 0.25) is 0 Å². The van der Waals surface area contributed by atoms with Crippen molar-refractivity contribution in [1.82, 2.24) is 4.57 Å². The molecule has 220 valence electrons. The Hall–Kier alpha value is -4.58. The Bertz CT molecular complexity index is 1950. The first-order chi connectivity index (χ1) is 20.4. The minimum atomic E-state index is -3.92. The average molecular weight is 642 g/mol. The quantitative estimate of drug-likeness (QED) is 0.171. The van der Waals surface area contributed by atoms with Gasteiger partial charge in [-0.15, -0.1) is 0 Å². The zero-order valence-electron chi connectivity index (χ0n) is 21.6. The molecule has 3 N–H and O–H groups in total. The lowest BCUT2D eigenvalue weighted by Gasteiger charge is -2.29. The molecule has 0 spiro atoms. The second-order valence-corrected chi connectivity index (χ2v) is 13.3. The number of hydrogen-bond donors (Lipinski definition) is 2. The van der Waals surface area contributed by atoms with E-state index in [2.05, 4.69) is 5.32 Å². The molecule has 1 fully saturated rings. The smallest absolute Gasteiger partial charge is 0.308 e. The van der Waals surface area contributed by atoms with Crippen LogP contribution in [0.25, 0.3) is 0 Å². The maximum Gasteiger partial charge on any atom is 0.308 e. The SMILES string of the molecule is NS(=O)(=O)c1ccc(NC(=O)Cn2c3c(sc2=O)C(c2ccco2)C2C(=O)N(c4ccc([N+](=O)[O-])cc4)C(=O)C2S3)cc1. The van der Waals surface area contributed by atoms with Gasteiger partial charge < -0.3 is 9.73 Å². The number of anilines is 2. The number of nitrogens with one attached hydrogen (secondary N) is 1. The van der Waals surface area contributed by atoms with Crippen LogP contribution in [-0.2, 0) is 31.0 Å². The number of thioether (sulfide) groups is 1. The fraction of sp³-hybridized carbons (Fsp3) is 0.154. The molecule has 2 aromatic carbocycles. The van der Waals surface area contributed by atoms with Gasteiger partial charge in [0.25, 0.3) is 5.69 Å². The zero-order valence-corrected chi connectivity index (χ0v) is 24.1. The third kappa shape index (κ3) is 5.05. The number of carbonyl (C=O) groups is 3. The number of primary sulfonamides is 1. The van der Waals surface area contributed by atoms with Crippen molar-refractivity contribution in [3.8, 4) is 0 Å². The van der Waals surface area contributed by atoms with Crippen molar-refractivity contribution in [2.75, 3.05) is 10.2 Å². The summed E-state index contributed by atoms with van der Waals surface area (Å²) in [5.74, 6) is -3.09. The van der Waals surface area contributed by atoms with E-state index in [-0.39, 0.29) is 22.0 Å². The molecule has 3 atom stereocenters. The van der Waals surface area contributed by atoms with Crippen molar-refractivity contribution in [2.24, 2.45) is 11.1 Å². The first-order valence-corrected chi connectivity index (χ1v) is 15.7. The van der Waals surface area contributed by atoms with Crippen molar-refractivity contribution in [3.05, 3.63) is 97.3 Å². The van der Waals surface area contributed by atoms with Gasteiger partial charge in [0.2, 0.25) is 27.7 Å². The molecule has 0 aliphatic carbocycles. The number of imide groups is 1. The Morgan fingerprint density at radius 2 is 1.74 bits per heavy atom. The Kier molecular flexibility index (Phi) is 7.04. The number of nitrogens with zero attached hydrogens (tertiary/aromatic N) is 3. The largest absolute Gasteiger partial charge is 0.469 e. The summed E-state index contributed by atoms with van der Waals surface area (Å²) in [5.41, 5.74) is 0.237. The van der Waals surface area contributed by atoms with E-state index in [1.54, 1.807) is 12.1 Å². The monoisotopic (exact) mass is 641 g/mol. The van der Waals surface area contributed by atoms with Crippen molar-refractivity contribution in [1.29, 1.82) is 0 Å². The summed E-state index contributed by atoms with van der Waals surface area (Å²) in [7, 11) is -3.92. The molecule has 2 aliphatic heterocycles. The summed E-state index contributed by atoms with van der Waals surface area (Å²) in [6.07, 6.45) is 1.41. The first-order valence-electron chi connectivity index (χ1n) is 12.4. The highest BCUT2D eigenvalue weighted by Crippen LogP contribution is 2.54. The van der Waals surface area contributed by atoms with Gasteiger partial charge in [0.1, 0.15) is 17.6 Å². The number of rotatable bonds is 7. The number of furan rings is 1. The average Bonchev–Trinajstić information content (AvgIpc) is 3.66. The number of amides is 3. The van der Waals surface area contributed by atoms with Gasteiger partial charge in [-0.1, -0.05) is 23.1 Å². The van der Waals surface area contributed by atoms with Gasteiger partial charge in [-0.2, -0.15) is 0 Å². The molecular formula is C26H19N5O9S3. The fourth-order valence-corrected chi connectivity index (χ4v) is 8.35. The van der Waals surface area contributed by atoms with Crippen molar-refractivity contribution in [2.45, 2.75) is 27.6 Å². The molecule has 3 unspecified atom stereocenters. The van der Waals surface area contributed by atoms with Gasteiger partial charge in [-0.3, -0.25) is 33.9 Å². The maximum atomic E-state index is 13.8. The molecule has 0 bridgehead atoms. The van der Waals surface area contributed by atoms with Crippen molar-refractivity contribution in [3.63, 3.8) is 0 Å². The van der Waals surface area contributed by atoms with E-state index in [0.29, 0.717) is 15.7 Å². The zero-order chi connectivity index (χ0) is 30.6. The molecule has 17 heteroatoms. The van der Waals surface area contributed by atoms with E-state index in [1.807, 2.05) is 0 Å². The Labute approximate surface area is 250 Å². The summed E-state index contributed by atoms with van der Waals surface area (Å²) >= 11 is 1.84. The van der Waals surface area contributed by atoms with E-state index >= 15 is 0 Å². The van der Waals surface area contributed by atoms with E-state index < -0.39 is 61.2 Å². The molecule has 4 heterocycles. The van der Waals surface area contributed by atoms with Gasteiger partial charge in [0.15, 0.2) is 0 Å². The number of nitro groups is 1. The second kappa shape index (κ2) is 10.6. The highest BCUT2D eigenvalue weighted by molar-refractivity contribution is 8.00. The van der Waals surface area contributed by atoms with Gasteiger partial charge in [-0.05, 0) is 48.5 Å². The molecule has 43 heavy (non-hydrogen) atoms. The molecule has 2 aromatic heterocycles. The minimum Gasteiger partial charge on any atom is -0.469 e. The third-order valence-corrected chi connectivity index (χ3v) is 10.5. The van der Waals surface area contributed by atoms with Crippen LogP contribution in [0.4, 0.5) is 17.1 Å². The van der Waals surface area contributed by atoms with Crippen LogP contribution in [0.15, 0.2) is 86.1 Å². The number of carbonyl (C=O) groups excluding carboxylic acids is 3. The predicted octanol–water partition coefficient (Wildman–Crippen LogP) is 2.49. The Morgan fingerprint density at radius 3 is 2.35 bits per heavy atom. The second-order valence-electron chi connectivity index (χ2n) is 9.58. The van der Waals surface area contributed by atoms with E-state index in [4.69, 9.17) is 9.56 Å². The third-order valence-electron chi connectivity index (χ3n) is 6.99. The summed E-state index contributed by atoms with van der Waals surface area (Å²) in [6, 6.07) is 13.5. The fourth-order valence-electron chi connectivity index (χ4n) is 5.08. The number of nitro benzene ring substituents is 1. The van der Waals surface area contributed by atoms with E-state index in [0.717, 1.165) is 28.0 Å². The lowest BCUT2D eigenvalue weighted by atomic mass is 9.87. The van der Waals surface area contributed by atoms with Gasteiger partial charge in [0, 0.05) is 17.8 Å². The molecular weight excluding hydrogens is 623 g/mol. The van der Waals surface area contributed by atoms with Crippen LogP contribution in [0, 0.1) is 16.0 Å². The Balaban J connectivity index is 1.33. The van der Waals surface area contributed by atoms with Crippen LogP contribution in [-0.4, -0.2) is 40.9 Å². The van der Waals surface area contributed by atoms with Crippen LogP contribution in [0.1, 0.15) is 16.6 Å². The van der Waals surface area contributed by atoms with Gasteiger partial charge in [0.05, 0.1) is 43.5 Å². The minimum absolute atomic E-state index is 0.137. The molecule has 14 nitrogen and oxygen atoms in total. The molecule has 0 saturated carbocycles. The summed E-state index contributed by atoms with van der Waals surface area (Å²) in [6.45, 7) is -0.426. The predicted molar refractivity (Wildman–Crippen MR) is 154 cm³/mol. The number of thiazole rings is 1.